The fraction of sp³-hybridized carbons (Fsp3) is 0. The molecule has 3 rings (SSSR count). The van der Waals surface area contributed by atoms with E-state index in [1.807, 2.05) is 0 Å². The molecule has 1 aromatic heterocycles. The molecule has 8 heteroatoms. The normalized spacial score (nSPS) is 10.7. The number of carbonyl (C=O) groups is 2. The van der Waals surface area contributed by atoms with Gasteiger partial charge in [0.25, 0.3) is 11.8 Å². The highest BCUT2D eigenvalue weighted by Gasteiger charge is 2.13. The third-order valence-electron chi connectivity index (χ3n) is 3.48. The van der Waals surface area contributed by atoms with Crippen LogP contribution in [0.4, 0.5) is 5.69 Å². The lowest BCUT2D eigenvalue weighted by Gasteiger charge is -2.10. The second kappa shape index (κ2) is 8.79. The summed E-state index contributed by atoms with van der Waals surface area (Å²) < 4.78 is 6.70. The topological polar surface area (TPSA) is 83.7 Å². The van der Waals surface area contributed by atoms with Gasteiger partial charge < -0.3 is 9.73 Å². The summed E-state index contributed by atoms with van der Waals surface area (Å²) in [4.78, 5) is 24.8. The molecule has 3 aromatic rings. The average Bonchev–Trinajstić information content (AvgIpc) is 3.07. The van der Waals surface area contributed by atoms with E-state index in [9.17, 15) is 9.59 Å². The molecule has 27 heavy (non-hydrogen) atoms. The maximum atomic E-state index is 12.4. The number of furan rings is 1. The Balaban J connectivity index is 1.71. The van der Waals surface area contributed by atoms with E-state index in [1.54, 1.807) is 60.7 Å². The lowest BCUT2D eigenvalue weighted by molar-refractivity contribution is 0.0956. The van der Waals surface area contributed by atoms with Crippen LogP contribution in [0.15, 0.2) is 79.3 Å². The van der Waals surface area contributed by atoms with Gasteiger partial charge in [0.05, 0.1) is 17.5 Å². The molecule has 0 bridgehead atoms. The van der Waals surface area contributed by atoms with Crippen molar-refractivity contribution in [3.05, 3.63) is 86.7 Å². The Bertz CT molecular complexity index is 997. The average molecular weight is 491 g/mol. The Morgan fingerprint density at radius 2 is 1.67 bits per heavy atom. The number of anilines is 1. The second-order valence-corrected chi connectivity index (χ2v) is 7.04. The molecule has 2 N–H and O–H groups in total. The lowest BCUT2D eigenvalue weighted by atomic mass is 10.1. The molecule has 0 aliphatic carbocycles. The first-order chi connectivity index (χ1) is 13.0. The SMILES string of the molecule is O=C(Nc1ccccc1C(=O)N/N=C\c1ccc(Br)o1)c1ccc(Br)cc1. The van der Waals surface area contributed by atoms with Crippen molar-refractivity contribution in [1.29, 1.82) is 0 Å². The summed E-state index contributed by atoms with van der Waals surface area (Å²) in [5.41, 5.74) is 3.58. The summed E-state index contributed by atoms with van der Waals surface area (Å²) in [5, 5.41) is 6.61. The van der Waals surface area contributed by atoms with Crippen LogP contribution in [0.3, 0.4) is 0 Å². The van der Waals surface area contributed by atoms with E-state index in [0.717, 1.165) is 4.47 Å². The van der Waals surface area contributed by atoms with Crippen molar-refractivity contribution in [2.75, 3.05) is 5.32 Å². The number of hydrazone groups is 1. The first-order valence-electron chi connectivity index (χ1n) is 7.77. The molecule has 1 heterocycles. The van der Waals surface area contributed by atoms with Crippen molar-refractivity contribution < 1.29 is 14.0 Å². The first kappa shape index (κ1) is 19.1. The molecule has 0 radical (unpaired) electrons. The summed E-state index contributed by atoms with van der Waals surface area (Å²) in [6.07, 6.45) is 1.38. The van der Waals surface area contributed by atoms with Crippen LogP contribution in [0.5, 0.6) is 0 Å². The molecule has 0 aliphatic rings. The fourth-order valence-electron chi connectivity index (χ4n) is 2.20. The van der Waals surface area contributed by atoms with Crippen molar-refractivity contribution in [3.63, 3.8) is 0 Å². The minimum atomic E-state index is -0.455. The van der Waals surface area contributed by atoms with Crippen LogP contribution >= 0.6 is 31.9 Å². The van der Waals surface area contributed by atoms with Gasteiger partial charge in [-0.1, -0.05) is 28.1 Å². The predicted molar refractivity (Wildman–Crippen MR) is 110 cm³/mol. The summed E-state index contributed by atoms with van der Waals surface area (Å²) >= 11 is 6.51. The smallest absolute Gasteiger partial charge is 0.273 e. The van der Waals surface area contributed by atoms with Gasteiger partial charge in [-0.15, -0.1) is 0 Å². The zero-order chi connectivity index (χ0) is 19.2. The van der Waals surface area contributed by atoms with Crippen molar-refractivity contribution in [1.82, 2.24) is 5.43 Å². The van der Waals surface area contributed by atoms with Crippen LogP contribution in [-0.4, -0.2) is 18.0 Å². The number of para-hydroxylation sites is 1. The molecule has 0 saturated heterocycles. The van der Waals surface area contributed by atoms with E-state index >= 15 is 0 Å². The predicted octanol–water partition coefficient (Wildman–Crippen LogP) is 4.82. The molecule has 0 fully saturated rings. The van der Waals surface area contributed by atoms with Gasteiger partial charge in [0, 0.05) is 10.0 Å². The van der Waals surface area contributed by atoms with Crippen LogP contribution in [0.1, 0.15) is 26.5 Å². The molecule has 2 aromatic carbocycles. The summed E-state index contributed by atoms with van der Waals surface area (Å²) in [6.45, 7) is 0. The molecule has 0 spiro atoms. The highest BCUT2D eigenvalue weighted by atomic mass is 79.9. The van der Waals surface area contributed by atoms with Crippen molar-refractivity contribution in [2.24, 2.45) is 5.10 Å². The highest BCUT2D eigenvalue weighted by Crippen LogP contribution is 2.17. The van der Waals surface area contributed by atoms with Gasteiger partial charge >= 0.3 is 0 Å². The number of nitrogens with one attached hydrogen (secondary N) is 2. The van der Waals surface area contributed by atoms with Crippen LogP contribution in [0.25, 0.3) is 0 Å². The third-order valence-corrected chi connectivity index (χ3v) is 4.43. The minimum absolute atomic E-state index is 0.292. The van der Waals surface area contributed by atoms with Crippen LogP contribution < -0.4 is 10.7 Å². The maximum Gasteiger partial charge on any atom is 0.273 e. The van der Waals surface area contributed by atoms with E-state index in [-0.39, 0.29) is 5.91 Å². The molecule has 2 amide bonds. The number of nitrogens with zero attached hydrogens (tertiary/aromatic N) is 1. The maximum absolute atomic E-state index is 12.4. The zero-order valence-corrected chi connectivity index (χ0v) is 17.0. The zero-order valence-electron chi connectivity index (χ0n) is 13.8. The fourth-order valence-corrected chi connectivity index (χ4v) is 2.78. The van der Waals surface area contributed by atoms with Crippen molar-refractivity contribution in [3.8, 4) is 0 Å². The molecular weight excluding hydrogens is 478 g/mol. The van der Waals surface area contributed by atoms with Gasteiger partial charge in [-0.25, -0.2) is 5.43 Å². The van der Waals surface area contributed by atoms with E-state index in [1.165, 1.54) is 6.21 Å². The molecule has 136 valence electrons. The van der Waals surface area contributed by atoms with Crippen molar-refractivity contribution in [2.45, 2.75) is 0 Å². The van der Waals surface area contributed by atoms with Gasteiger partial charge in [-0.05, 0) is 64.5 Å². The minimum Gasteiger partial charge on any atom is -0.448 e. The van der Waals surface area contributed by atoms with E-state index < -0.39 is 5.91 Å². The largest absolute Gasteiger partial charge is 0.448 e. The van der Waals surface area contributed by atoms with E-state index in [2.05, 4.69) is 47.7 Å². The number of benzene rings is 2. The Morgan fingerprint density at radius 3 is 2.37 bits per heavy atom. The number of hydrogen-bond donors (Lipinski definition) is 2. The molecule has 0 unspecified atom stereocenters. The van der Waals surface area contributed by atoms with Crippen molar-refractivity contribution >= 4 is 55.6 Å². The van der Waals surface area contributed by atoms with Gasteiger partial charge in [-0.3, -0.25) is 9.59 Å². The molecule has 6 nitrogen and oxygen atoms in total. The van der Waals surface area contributed by atoms with E-state index in [0.29, 0.717) is 27.2 Å². The number of hydrogen-bond acceptors (Lipinski definition) is 4. The summed E-state index contributed by atoms with van der Waals surface area (Å²) in [5.74, 6) is -0.283. The number of amides is 2. The number of halogens is 2. The number of rotatable bonds is 5. The Hall–Kier alpha value is -2.71. The third kappa shape index (κ3) is 5.15. The van der Waals surface area contributed by atoms with Crippen LogP contribution in [0, 0.1) is 0 Å². The number of carbonyl (C=O) groups excluding carboxylic acids is 2. The Morgan fingerprint density at radius 1 is 0.926 bits per heavy atom. The van der Waals surface area contributed by atoms with Gasteiger partial charge in [0.2, 0.25) is 0 Å². The quantitative estimate of drug-likeness (QED) is 0.397. The van der Waals surface area contributed by atoms with E-state index in [4.69, 9.17) is 4.42 Å². The van der Waals surface area contributed by atoms with Crippen LogP contribution in [0.2, 0.25) is 0 Å². The second-order valence-electron chi connectivity index (χ2n) is 5.35. The summed E-state index contributed by atoms with van der Waals surface area (Å²) in [7, 11) is 0. The van der Waals surface area contributed by atoms with Gasteiger partial charge in [0.15, 0.2) is 4.67 Å². The van der Waals surface area contributed by atoms with Crippen LogP contribution in [-0.2, 0) is 0 Å². The Labute approximate surface area is 171 Å². The summed E-state index contributed by atoms with van der Waals surface area (Å²) in [6, 6.07) is 17.0. The monoisotopic (exact) mass is 489 g/mol. The highest BCUT2D eigenvalue weighted by molar-refractivity contribution is 9.10. The molecular formula is C19H13Br2N3O3. The molecule has 0 saturated carbocycles. The lowest BCUT2D eigenvalue weighted by Crippen LogP contribution is -2.21. The Kier molecular flexibility index (Phi) is 6.20. The first-order valence-corrected chi connectivity index (χ1v) is 9.36. The standard InChI is InChI=1S/C19H13Br2N3O3/c20-13-7-5-12(6-8-13)18(25)23-16-4-2-1-3-15(16)19(26)24-22-11-14-9-10-17(21)27-14/h1-11H,(H,23,25)(H,24,26)/b22-11-. The van der Waals surface area contributed by atoms with Gasteiger partial charge in [-0.2, -0.15) is 5.10 Å². The molecule has 0 atom stereocenters. The van der Waals surface area contributed by atoms with Gasteiger partial charge in [0.1, 0.15) is 5.76 Å². The molecule has 0 aliphatic heterocycles.